The number of esters is 1. The minimum Gasteiger partial charge on any atom is -0.465 e. The first-order chi connectivity index (χ1) is 12.9. The van der Waals surface area contributed by atoms with Crippen LogP contribution in [0.5, 0.6) is 0 Å². The summed E-state index contributed by atoms with van der Waals surface area (Å²) in [5.74, 6) is -0.147. The van der Waals surface area contributed by atoms with Crippen molar-refractivity contribution in [2.24, 2.45) is 0 Å². The average Bonchev–Trinajstić information content (AvgIpc) is 3.18. The predicted octanol–water partition coefficient (Wildman–Crippen LogP) is 4.51. The van der Waals surface area contributed by atoms with Gasteiger partial charge in [-0.3, -0.25) is 19.3 Å². The van der Waals surface area contributed by atoms with E-state index in [9.17, 15) is 14.4 Å². The van der Waals surface area contributed by atoms with Crippen LogP contribution < -0.4 is 0 Å². The van der Waals surface area contributed by atoms with E-state index in [0.717, 1.165) is 27.8 Å². The largest absolute Gasteiger partial charge is 0.465 e. The van der Waals surface area contributed by atoms with Crippen molar-refractivity contribution in [3.63, 3.8) is 0 Å². The molecule has 1 aliphatic rings. The zero-order chi connectivity index (χ0) is 19.6. The summed E-state index contributed by atoms with van der Waals surface area (Å²) >= 11 is 6.80. The van der Waals surface area contributed by atoms with Gasteiger partial charge in [-0.25, -0.2) is 0 Å². The number of hydrogen-bond acceptors (Lipinski definition) is 6. The van der Waals surface area contributed by atoms with Crippen LogP contribution in [0.2, 0.25) is 5.02 Å². The van der Waals surface area contributed by atoms with Crippen LogP contribution in [-0.2, 0) is 14.3 Å². The lowest BCUT2D eigenvalue weighted by atomic mass is 10.1. The quantitative estimate of drug-likeness (QED) is 0.538. The fourth-order valence-electron chi connectivity index (χ4n) is 2.54. The predicted molar refractivity (Wildman–Crippen MR) is 103 cm³/mol. The Hall–Kier alpha value is -2.51. The van der Waals surface area contributed by atoms with Gasteiger partial charge in [-0.05, 0) is 55.4 Å². The van der Waals surface area contributed by atoms with Crippen molar-refractivity contribution in [1.82, 2.24) is 4.90 Å². The van der Waals surface area contributed by atoms with Gasteiger partial charge >= 0.3 is 5.97 Å². The summed E-state index contributed by atoms with van der Waals surface area (Å²) in [6.45, 7) is 3.38. The Morgan fingerprint density at radius 2 is 2.07 bits per heavy atom. The summed E-state index contributed by atoms with van der Waals surface area (Å²) in [7, 11) is 0. The number of aryl methyl sites for hydroxylation is 1. The van der Waals surface area contributed by atoms with Crippen molar-refractivity contribution in [3.05, 3.63) is 51.6 Å². The molecular weight excluding hydrogens is 390 g/mol. The lowest BCUT2D eigenvalue weighted by molar-refractivity contribution is -0.145. The number of thioether (sulfide) groups is 1. The SMILES string of the molecule is CCOC(=O)CN1C(=O)S/C(=C/c2ccc(-c3cc(Cl)ccc3C)o2)C1=O. The lowest BCUT2D eigenvalue weighted by Gasteiger charge is -2.10. The summed E-state index contributed by atoms with van der Waals surface area (Å²) in [5.41, 5.74) is 1.84. The standard InChI is InChI=1S/C19H16ClNO5S/c1-3-25-17(22)10-21-18(23)16(27-19(21)24)9-13-6-7-15(26-13)14-8-12(20)5-4-11(14)2/h4-9H,3,10H2,1-2H3/b16-9+. The highest BCUT2D eigenvalue weighted by Gasteiger charge is 2.36. The lowest BCUT2D eigenvalue weighted by Crippen LogP contribution is -2.34. The molecule has 2 heterocycles. The van der Waals surface area contributed by atoms with Crippen LogP contribution in [0, 0.1) is 6.92 Å². The van der Waals surface area contributed by atoms with Crippen LogP contribution in [0.15, 0.2) is 39.7 Å². The Balaban J connectivity index is 1.81. The summed E-state index contributed by atoms with van der Waals surface area (Å²) in [6, 6.07) is 8.96. The van der Waals surface area contributed by atoms with Crippen LogP contribution in [-0.4, -0.2) is 35.2 Å². The van der Waals surface area contributed by atoms with E-state index in [1.54, 1.807) is 31.2 Å². The zero-order valence-corrected chi connectivity index (χ0v) is 16.2. The molecule has 0 saturated carbocycles. The number of rotatable bonds is 5. The maximum absolute atomic E-state index is 12.4. The fraction of sp³-hybridized carbons (Fsp3) is 0.211. The van der Waals surface area contributed by atoms with Gasteiger partial charge in [0.05, 0.1) is 11.5 Å². The highest BCUT2D eigenvalue weighted by Crippen LogP contribution is 2.34. The third kappa shape index (κ3) is 4.26. The molecule has 1 aromatic carbocycles. The second-order valence-corrected chi connectivity index (χ2v) is 7.16. The van der Waals surface area contributed by atoms with Gasteiger partial charge in [0.1, 0.15) is 18.1 Å². The zero-order valence-electron chi connectivity index (χ0n) is 14.7. The van der Waals surface area contributed by atoms with Crippen LogP contribution in [0.3, 0.4) is 0 Å². The van der Waals surface area contributed by atoms with Gasteiger partial charge in [-0.15, -0.1) is 0 Å². The summed E-state index contributed by atoms with van der Waals surface area (Å²) in [6.07, 6.45) is 1.49. The Morgan fingerprint density at radius 3 is 2.81 bits per heavy atom. The van der Waals surface area contributed by atoms with Crippen molar-refractivity contribution < 1.29 is 23.5 Å². The Morgan fingerprint density at radius 1 is 1.30 bits per heavy atom. The molecule has 6 nitrogen and oxygen atoms in total. The van der Waals surface area contributed by atoms with Gasteiger partial charge in [-0.1, -0.05) is 17.7 Å². The van der Waals surface area contributed by atoms with Crippen molar-refractivity contribution in [1.29, 1.82) is 0 Å². The van der Waals surface area contributed by atoms with E-state index in [2.05, 4.69) is 0 Å². The van der Waals surface area contributed by atoms with E-state index in [1.165, 1.54) is 6.08 Å². The van der Waals surface area contributed by atoms with E-state index in [1.807, 2.05) is 13.0 Å². The van der Waals surface area contributed by atoms with Crippen LogP contribution >= 0.6 is 23.4 Å². The van der Waals surface area contributed by atoms with Gasteiger partial charge in [0.15, 0.2) is 0 Å². The molecule has 1 aromatic heterocycles. The minimum atomic E-state index is -0.627. The summed E-state index contributed by atoms with van der Waals surface area (Å²) in [5, 5.41) is 0.0744. The normalized spacial score (nSPS) is 15.7. The van der Waals surface area contributed by atoms with Gasteiger partial charge < -0.3 is 9.15 Å². The van der Waals surface area contributed by atoms with Gasteiger partial charge in [0.2, 0.25) is 0 Å². The molecule has 8 heteroatoms. The van der Waals surface area contributed by atoms with Gasteiger partial charge in [0.25, 0.3) is 11.1 Å². The molecule has 0 N–H and O–H groups in total. The fourth-order valence-corrected chi connectivity index (χ4v) is 3.53. The van der Waals surface area contributed by atoms with E-state index in [0.29, 0.717) is 16.5 Å². The number of amides is 2. The molecule has 0 aliphatic carbocycles. The van der Waals surface area contributed by atoms with E-state index >= 15 is 0 Å². The maximum atomic E-state index is 12.4. The van der Waals surface area contributed by atoms with Crippen molar-refractivity contribution in [3.8, 4) is 11.3 Å². The van der Waals surface area contributed by atoms with E-state index in [4.69, 9.17) is 20.8 Å². The minimum absolute atomic E-state index is 0.184. The average molecular weight is 406 g/mol. The molecule has 1 aliphatic heterocycles. The summed E-state index contributed by atoms with van der Waals surface area (Å²) in [4.78, 5) is 37.0. The second-order valence-electron chi connectivity index (χ2n) is 5.73. The number of imide groups is 1. The van der Waals surface area contributed by atoms with E-state index in [-0.39, 0.29) is 11.5 Å². The first-order valence-corrected chi connectivity index (χ1v) is 9.36. The molecule has 0 radical (unpaired) electrons. The third-order valence-corrected chi connectivity index (χ3v) is 4.97. The highest BCUT2D eigenvalue weighted by molar-refractivity contribution is 8.18. The molecule has 0 unspecified atom stereocenters. The molecule has 2 amide bonds. The van der Waals surface area contributed by atoms with Gasteiger partial charge in [-0.2, -0.15) is 0 Å². The molecular formula is C19H16ClNO5S. The molecule has 0 bridgehead atoms. The second kappa shape index (κ2) is 8.02. The van der Waals surface area contributed by atoms with Crippen molar-refractivity contribution >= 4 is 46.6 Å². The molecule has 1 fully saturated rings. The number of halogens is 1. The number of furan rings is 1. The molecule has 0 atom stereocenters. The summed E-state index contributed by atoms with van der Waals surface area (Å²) < 4.78 is 10.6. The van der Waals surface area contributed by atoms with Crippen molar-refractivity contribution in [2.75, 3.05) is 13.2 Å². The molecule has 27 heavy (non-hydrogen) atoms. The molecule has 3 rings (SSSR count). The van der Waals surface area contributed by atoms with Crippen LogP contribution in [0.1, 0.15) is 18.2 Å². The molecule has 1 saturated heterocycles. The number of carbonyl (C=O) groups excluding carboxylic acids is 3. The van der Waals surface area contributed by atoms with E-state index < -0.39 is 23.7 Å². The molecule has 2 aromatic rings. The molecule has 140 valence electrons. The topological polar surface area (TPSA) is 76.8 Å². The number of hydrogen-bond donors (Lipinski definition) is 0. The number of carbonyl (C=O) groups is 3. The first-order valence-electron chi connectivity index (χ1n) is 8.16. The number of ether oxygens (including phenoxy) is 1. The maximum Gasteiger partial charge on any atom is 0.326 e. The first kappa shape index (κ1) is 19.3. The van der Waals surface area contributed by atoms with Crippen molar-refractivity contribution in [2.45, 2.75) is 13.8 Å². The Kier molecular flexibility index (Phi) is 5.72. The number of benzene rings is 1. The Bertz CT molecular complexity index is 949. The highest BCUT2D eigenvalue weighted by atomic mass is 35.5. The van der Waals surface area contributed by atoms with Crippen LogP contribution in [0.25, 0.3) is 17.4 Å². The number of nitrogens with zero attached hydrogens (tertiary/aromatic N) is 1. The Labute approximate surface area is 165 Å². The van der Waals surface area contributed by atoms with Crippen LogP contribution in [0.4, 0.5) is 4.79 Å². The smallest absolute Gasteiger partial charge is 0.326 e. The van der Waals surface area contributed by atoms with Gasteiger partial charge in [0, 0.05) is 16.7 Å². The molecule has 0 spiro atoms. The monoisotopic (exact) mass is 405 g/mol. The third-order valence-electron chi connectivity index (χ3n) is 3.83.